The molecule has 0 bridgehead atoms. The molecule has 4 aromatic rings. The van der Waals surface area contributed by atoms with Crippen molar-refractivity contribution < 1.29 is 51.3 Å². The number of Topliss-reactive ketones (excluding diaryl/α,β-unsaturated/α-hetero) is 2. The average molecular weight is 669 g/mol. The number of rotatable bonds is 14. The Hall–Kier alpha value is -5.72. The van der Waals surface area contributed by atoms with Crippen LogP contribution in [0.3, 0.4) is 0 Å². The second-order valence-corrected chi connectivity index (χ2v) is 10.3. The number of nitrogens with one attached hydrogen (secondary N) is 2. The number of para-hydroxylation sites is 2. The van der Waals surface area contributed by atoms with Gasteiger partial charge in [-0.2, -0.15) is 0 Å². The van der Waals surface area contributed by atoms with E-state index in [9.17, 15) is 36.7 Å². The van der Waals surface area contributed by atoms with Gasteiger partial charge in [0.15, 0.2) is 11.6 Å². The predicted octanol–water partition coefficient (Wildman–Crippen LogP) is 6.68. The molecule has 0 saturated carbocycles. The van der Waals surface area contributed by atoms with Crippen molar-refractivity contribution in [2.24, 2.45) is 0 Å². The second-order valence-electron chi connectivity index (χ2n) is 10.3. The van der Waals surface area contributed by atoms with E-state index in [2.05, 4.69) is 10.6 Å². The predicted molar refractivity (Wildman–Crippen MR) is 169 cm³/mol. The molecule has 2 amide bonds. The van der Waals surface area contributed by atoms with Gasteiger partial charge in [-0.15, -0.1) is 0 Å². The molecule has 0 atom stereocenters. The van der Waals surface area contributed by atoms with E-state index in [0.717, 1.165) is 29.8 Å². The van der Waals surface area contributed by atoms with E-state index < -0.39 is 46.5 Å². The van der Waals surface area contributed by atoms with E-state index in [1.54, 1.807) is 12.1 Å². The van der Waals surface area contributed by atoms with Crippen molar-refractivity contribution in [3.63, 3.8) is 0 Å². The van der Waals surface area contributed by atoms with Gasteiger partial charge in [-0.25, -0.2) is 17.6 Å². The van der Waals surface area contributed by atoms with Crippen molar-refractivity contribution in [1.29, 1.82) is 0 Å². The number of phenolic OH excluding ortho intramolecular Hbond substituents is 1. The summed E-state index contributed by atoms with van der Waals surface area (Å²) in [6.45, 7) is 1.53. The molecule has 9 nitrogen and oxygen atoms in total. The fourth-order valence-corrected chi connectivity index (χ4v) is 3.79. The highest BCUT2D eigenvalue weighted by Crippen LogP contribution is 2.20. The van der Waals surface area contributed by atoms with Gasteiger partial charge in [0.25, 0.3) is 0 Å². The lowest BCUT2D eigenvalue weighted by atomic mass is 10.2. The summed E-state index contributed by atoms with van der Waals surface area (Å²) in [5.74, 6) is -4.38. The number of ketones is 2. The number of anilines is 2. The molecule has 0 saturated heterocycles. The molecule has 48 heavy (non-hydrogen) atoms. The van der Waals surface area contributed by atoms with Gasteiger partial charge in [-0.3, -0.25) is 19.2 Å². The van der Waals surface area contributed by atoms with Crippen molar-refractivity contribution in [1.82, 2.24) is 0 Å². The molecule has 0 aliphatic rings. The summed E-state index contributed by atoms with van der Waals surface area (Å²) >= 11 is 0. The summed E-state index contributed by atoms with van der Waals surface area (Å²) in [7, 11) is 0. The van der Waals surface area contributed by atoms with Crippen LogP contribution in [0.25, 0.3) is 0 Å². The zero-order chi connectivity index (χ0) is 35.1. The highest BCUT2D eigenvalue weighted by Gasteiger charge is 2.15. The fraction of sp³-hybridized carbons (Fsp3) is 0.200. The lowest BCUT2D eigenvalue weighted by Gasteiger charge is -2.08. The lowest BCUT2D eigenvalue weighted by molar-refractivity contribution is -0.124. The van der Waals surface area contributed by atoms with Crippen LogP contribution in [0.2, 0.25) is 0 Å². The molecule has 0 fully saturated rings. The maximum Gasteiger partial charge on any atom is 0.224 e. The van der Waals surface area contributed by atoms with Crippen LogP contribution in [0.15, 0.2) is 84.9 Å². The lowest BCUT2D eigenvalue weighted by Crippen LogP contribution is -2.18. The van der Waals surface area contributed by atoms with Crippen molar-refractivity contribution in [2.45, 2.75) is 32.6 Å². The number of hydrogen-bond donors (Lipinski definition) is 3. The first kappa shape index (κ1) is 36.7. The number of carbonyl (C=O) groups is 4. The summed E-state index contributed by atoms with van der Waals surface area (Å²) in [6.07, 6.45) is -0.594. The molecule has 0 unspecified atom stereocenters. The number of carbonyl (C=O) groups excluding carboxylic acids is 4. The Morgan fingerprint density at radius 3 is 1.29 bits per heavy atom. The Morgan fingerprint density at radius 2 is 0.917 bits per heavy atom. The molecule has 0 spiro atoms. The highest BCUT2D eigenvalue weighted by atomic mass is 19.1. The van der Waals surface area contributed by atoms with Gasteiger partial charge in [0.05, 0.1) is 0 Å². The molecule has 4 aromatic carbocycles. The molecular formula is C35H32F4N2O7. The van der Waals surface area contributed by atoms with Crippen LogP contribution in [-0.4, -0.2) is 41.7 Å². The number of phenols is 1. The molecule has 13 heteroatoms. The summed E-state index contributed by atoms with van der Waals surface area (Å²) in [6, 6.07) is 19.5. The van der Waals surface area contributed by atoms with Crippen LogP contribution in [0, 0.1) is 30.2 Å². The van der Waals surface area contributed by atoms with E-state index in [1.165, 1.54) is 36.4 Å². The zero-order valence-electron chi connectivity index (χ0n) is 25.7. The Labute approximate surface area is 273 Å². The van der Waals surface area contributed by atoms with Gasteiger partial charge in [-0.05, 0) is 67.6 Å². The normalized spacial score (nSPS) is 10.3. The number of hydrogen-bond acceptors (Lipinski definition) is 7. The molecule has 0 aromatic heterocycles. The first-order valence-electron chi connectivity index (χ1n) is 14.5. The quantitative estimate of drug-likeness (QED) is 0.128. The summed E-state index contributed by atoms with van der Waals surface area (Å²) < 4.78 is 64.1. The molecular weight excluding hydrogens is 636 g/mol. The Morgan fingerprint density at radius 1 is 0.562 bits per heavy atom. The number of halogens is 4. The molecule has 0 radical (unpaired) electrons. The second kappa shape index (κ2) is 18.4. The summed E-state index contributed by atoms with van der Waals surface area (Å²) in [5, 5.41) is 13.4. The van der Waals surface area contributed by atoms with Crippen molar-refractivity contribution in [2.75, 3.05) is 23.8 Å². The van der Waals surface area contributed by atoms with E-state index >= 15 is 0 Å². The zero-order valence-corrected chi connectivity index (χ0v) is 25.7. The Bertz CT molecular complexity index is 1550. The third-order valence-corrected chi connectivity index (χ3v) is 6.37. The first-order valence-corrected chi connectivity index (χ1v) is 14.5. The number of ether oxygens (including phenoxy) is 2. The van der Waals surface area contributed by atoms with Gasteiger partial charge in [0.1, 0.15) is 65.1 Å². The number of aryl methyl sites for hydroxylation is 1. The van der Waals surface area contributed by atoms with Crippen LogP contribution >= 0.6 is 0 Å². The number of benzene rings is 4. The standard InChI is InChI=1S/C18H17F2NO3.C17H15F2NO4/c1-12-5-8-14(9-6-12)24-11-13(22)7-10-17(23)21-18-15(19)3-2-4-16(18)20;18-14-2-1-3-15(19)17(14)20-16(23)9-6-12(22)10-24-13-7-4-11(21)5-8-13/h2-6,8-9H,7,10-11H2,1H3,(H,21,23);1-5,7-8,21H,6,9-10H2,(H,20,23). The minimum Gasteiger partial charge on any atom is -0.508 e. The smallest absolute Gasteiger partial charge is 0.224 e. The van der Waals surface area contributed by atoms with E-state index in [1.807, 2.05) is 19.1 Å². The van der Waals surface area contributed by atoms with Crippen molar-refractivity contribution >= 4 is 34.8 Å². The van der Waals surface area contributed by atoms with Gasteiger partial charge >= 0.3 is 0 Å². The molecule has 252 valence electrons. The van der Waals surface area contributed by atoms with Gasteiger partial charge in [0, 0.05) is 25.7 Å². The minimum absolute atomic E-state index is 0.0747. The van der Waals surface area contributed by atoms with Crippen molar-refractivity contribution in [3.8, 4) is 17.2 Å². The number of amides is 2. The topological polar surface area (TPSA) is 131 Å². The molecule has 0 aliphatic carbocycles. The van der Waals surface area contributed by atoms with Crippen LogP contribution in [0.5, 0.6) is 17.2 Å². The summed E-state index contributed by atoms with van der Waals surface area (Å²) in [4.78, 5) is 46.8. The SMILES string of the molecule is Cc1ccc(OCC(=O)CCC(=O)Nc2c(F)cccc2F)cc1.O=C(CCC(=O)Nc1c(F)cccc1F)COc1ccc(O)cc1. The van der Waals surface area contributed by atoms with Crippen molar-refractivity contribution in [3.05, 3.63) is 114 Å². The average Bonchev–Trinajstić information content (AvgIpc) is 3.06. The maximum atomic E-state index is 13.4. The van der Waals surface area contributed by atoms with E-state index in [-0.39, 0.29) is 56.2 Å². The maximum absolute atomic E-state index is 13.4. The van der Waals surface area contributed by atoms with Crippen LogP contribution in [0.4, 0.5) is 28.9 Å². The summed E-state index contributed by atoms with van der Waals surface area (Å²) in [5.41, 5.74) is 0.0341. The van der Waals surface area contributed by atoms with Crippen LogP contribution in [-0.2, 0) is 19.2 Å². The van der Waals surface area contributed by atoms with Crippen LogP contribution in [0.1, 0.15) is 31.2 Å². The molecule has 0 heterocycles. The van der Waals surface area contributed by atoms with Gasteiger partial charge < -0.3 is 25.2 Å². The largest absolute Gasteiger partial charge is 0.508 e. The van der Waals surface area contributed by atoms with Gasteiger partial charge in [-0.1, -0.05) is 29.8 Å². The number of aromatic hydroxyl groups is 1. The first-order chi connectivity index (χ1) is 22.9. The highest BCUT2D eigenvalue weighted by molar-refractivity contribution is 5.94. The van der Waals surface area contributed by atoms with Gasteiger partial charge in [0.2, 0.25) is 11.8 Å². The third kappa shape index (κ3) is 12.6. The minimum atomic E-state index is -0.884. The Kier molecular flexibility index (Phi) is 14.1. The Balaban J connectivity index is 0.000000260. The molecule has 3 N–H and O–H groups in total. The van der Waals surface area contributed by atoms with E-state index in [0.29, 0.717) is 11.5 Å². The van der Waals surface area contributed by atoms with Crippen LogP contribution < -0.4 is 20.1 Å². The third-order valence-electron chi connectivity index (χ3n) is 6.37. The molecule has 4 rings (SSSR count). The molecule has 0 aliphatic heterocycles. The van der Waals surface area contributed by atoms with E-state index in [4.69, 9.17) is 14.6 Å². The monoisotopic (exact) mass is 668 g/mol. The fourth-order valence-electron chi connectivity index (χ4n) is 3.79.